The topological polar surface area (TPSA) is 79.8 Å². The summed E-state index contributed by atoms with van der Waals surface area (Å²) in [5, 5.41) is 6.60. The number of nitrogens with one attached hydrogen (secondary N) is 2. The van der Waals surface area contributed by atoms with Crippen molar-refractivity contribution >= 4 is 18.0 Å². The van der Waals surface area contributed by atoms with Crippen molar-refractivity contribution in [2.45, 2.75) is 104 Å². The Hall–Kier alpha value is -2.37. The number of benzene rings is 1. The number of unbranched alkanes of at least 4 members (excludes halogenated alkanes) is 11. The number of amides is 2. The highest BCUT2D eigenvalue weighted by Crippen LogP contribution is 2.12. The van der Waals surface area contributed by atoms with E-state index in [4.69, 9.17) is 4.74 Å². The van der Waals surface area contributed by atoms with E-state index in [0.29, 0.717) is 13.0 Å². The molecule has 33 heavy (non-hydrogen) atoms. The van der Waals surface area contributed by atoms with Crippen LogP contribution in [-0.4, -0.2) is 31.2 Å². The first kappa shape index (κ1) is 28.7. The molecule has 0 aliphatic heterocycles. The van der Waals surface area contributed by atoms with Gasteiger partial charge in [-0.05, 0) is 42.7 Å². The van der Waals surface area contributed by atoms with Crippen molar-refractivity contribution in [1.29, 1.82) is 0 Å². The molecule has 0 spiro atoms. The minimum atomic E-state index is -0.335. The van der Waals surface area contributed by atoms with Crippen molar-refractivity contribution in [3.63, 3.8) is 0 Å². The van der Waals surface area contributed by atoms with Gasteiger partial charge in [0.15, 0.2) is 0 Å². The number of ether oxygens (including phenoxy) is 1. The molecule has 0 aliphatic rings. The second-order valence-corrected chi connectivity index (χ2v) is 8.63. The number of rotatable bonds is 20. The first-order valence-electron chi connectivity index (χ1n) is 13.0. The van der Waals surface area contributed by atoms with Gasteiger partial charge in [0.1, 0.15) is 5.75 Å². The average Bonchev–Trinajstić information content (AvgIpc) is 2.82. The maximum atomic E-state index is 11.9. The lowest BCUT2D eigenvalue weighted by Crippen LogP contribution is -2.34. The molecule has 0 aromatic heterocycles. The van der Waals surface area contributed by atoms with Crippen LogP contribution in [0.15, 0.2) is 29.4 Å². The van der Waals surface area contributed by atoms with E-state index in [1.54, 1.807) is 6.21 Å². The van der Waals surface area contributed by atoms with Crippen LogP contribution in [0, 0.1) is 0 Å². The normalized spacial score (nSPS) is 11.0. The molecule has 0 aliphatic carbocycles. The molecule has 0 radical (unpaired) electrons. The summed E-state index contributed by atoms with van der Waals surface area (Å²) in [6.07, 6.45) is 18.0. The second kappa shape index (κ2) is 20.3. The van der Waals surface area contributed by atoms with Crippen LogP contribution in [0.1, 0.15) is 109 Å². The summed E-state index contributed by atoms with van der Waals surface area (Å²) >= 11 is 0. The van der Waals surface area contributed by atoms with Gasteiger partial charge in [0.05, 0.1) is 19.4 Å². The molecule has 0 saturated heterocycles. The van der Waals surface area contributed by atoms with Gasteiger partial charge in [0, 0.05) is 6.42 Å². The van der Waals surface area contributed by atoms with E-state index in [2.05, 4.69) is 29.7 Å². The van der Waals surface area contributed by atoms with E-state index in [9.17, 15) is 9.59 Å². The summed E-state index contributed by atoms with van der Waals surface area (Å²) < 4.78 is 5.62. The largest absolute Gasteiger partial charge is 0.494 e. The number of nitrogens with zero attached hydrogens (tertiary/aromatic N) is 1. The molecule has 0 saturated carbocycles. The van der Waals surface area contributed by atoms with Crippen LogP contribution in [0.4, 0.5) is 0 Å². The molecule has 0 bridgehead atoms. The SMILES string of the molecule is CCCCCCCCCCCCCC(=O)NCC(=O)NN=Cc1ccc(OCCCC)cc1. The highest BCUT2D eigenvalue weighted by atomic mass is 16.5. The third-order valence-electron chi connectivity index (χ3n) is 5.50. The molecule has 1 rings (SSSR count). The molecule has 2 N–H and O–H groups in total. The molecule has 2 amide bonds. The summed E-state index contributed by atoms with van der Waals surface area (Å²) in [5.41, 5.74) is 3.30. The summed E-state index contributed by atoms with van der Waals surface area (Å²) in [7, 11) is 0. The van der Waals surface area contributed by atoms with E-state index < -0.39 is 0 Å². The standard InChI is InChI=1S/C27H45N3O3/c1-3-5-7-8-9-10-11-12-13-14-15-16-26(31)28-23-27(32)30-29-22-24-17-19-25(20-18-24)33-21-6-4-2/h17-20,22H,3-16,21,23H2,1-2H3,(H,28,31)(H,30,32). The lowest BCUT2D eigenvalue weighted by molar-refractivity contribution is -0.126. The average molecular weight is 460 g/mol. The molecule has 6 nitrogen and oxygen atoms in total. The van der Waals surface area contributed by atoms with Gasteiger partial charge in [-0.2, -0.15) is 5.10 Å². The Morgan fingerprint density at radius 1 is 0.788 bits per heavy atom. The first-order valence-corrected chi connectivity index (χ1v) is 13.0. The second-order valence-electron chi connectivity index (χ2n) is 8.63. The minimum Gasteiger partial charge on any atom is -0.494 e. The Morgan fingerprint density at radius 2 is 1.36 bits per heavy atom. The van der Waals surface area contributed by atoms with Crippen LogP contribution < -0.4 is 15.5 Å². The molecular formula is C27H45N3O3. The van der Waals surface area contributed by atoms with E-state index in [1.807, 2.05) is 24.3 Å². The zero-order valence-corrected chi connectivity index (χ0v) is 20.9. The van der Waals surface area contributed by atoms with Gasteiger partial charge in [-0.3, -0.25) is 9.59 Å². The fourth-order valence-corrected chi connectivity index (χ4v) is 3.42. The van der Waals surface area contributed by atoms with Crippen LogP contribution in [0.25, 0.3) is 0 Å². The van der Waals surface area contributed by atoms with E-state index in [1.165, 1.54) is 57.8 Å². The Kier molecular flexibility index (Phi) is 17.6. The van der Waals surface area contributed by atoms with Gasteiger partial charge in [-0.1, -0.05) is 84.5 Å². The third-order valence-corrected chi connectivity index (χ3v) is 5.50. The zero-order chi connectivity index (χ0) is 24.0. The van der Waals surface area contributed by atoms with Gasteiger partial charge in [0.2, 0.25) is 5.91 Å². The lowest BCUT2D eigenvalue weighted by atomic mass is 10.1. The van der Waals surface area contributed by atoms with Crippen molar-refractivity contribution in [3.05, 3.63) is 29.8 Å². The zero-order valence-electron chi connectivity index (χ0n) is 20.9. The van der Waals surface area contributed by atoms with Gasteiger partial charge in [0.25, 0.3) is 5.91 Å². The number of carbonyl (C=O) groups excluding carboxylic acids is 2. The third kappa shape index (κ3) is 16.9. The molecular weight excluding hydrogens is 414 g/mol. The highest BCUT2D eigenvalue weighted by Gasteiger charge is 2.04. The van der Waals surface area contributed by atoms with Gasteiger partial charge < -0.3 is 10.1 Å². The van der Waals surface area contributed by atoms with Crippen LogP contribution in [0.2, 0.25) is 0 Å². The van der Waals surface area contributed by atoms with Gasteiger partial charge >= 0.3 is 0 Å². The predicted octanol–water partition coefficient (Wildman–Crippen LogP) is 6.13. The van der Waals surface area contributed by atoms with Crippen molar-refractivity contribution < 1.29 is 14.3 Å². The van der Waals surface area contributed by atoms with E-state index in [-0.39, 0.29) is 18.4 Å². The van der Waals surface area contributed by atoms with Gasteiger partial charge in [-0.25, -0.2) is 5.43 Å². The fourth-order valence-electron chi connectivity index (χ4n) is 3.42. The number of hydrazone groups is 1. The van der Waals surface area contributed by atoms with Gasteiger partial charge in [-0.15, -0.1) is 0 Å². The Morgan fingerprint density at radius 3 is 1.97 bits per heavy atom. The number of carbonyl (C=O) groups is 2. The molecule has 1 aromatic carbocycles. The van der Waals surface area contributed by atoms with Crippen molar-refractivity contribution in [1.82, 2.24) is 10.7 Å². The van der Waals surface area contributed by atoms with E-state index >= 15 is 0 Å². The quantitative estimate of drug-likeness (QED) is 0.140. The van der Waals surface area contributed by atoms with Crippen LogP contribution in [0.5, 0.6) is 5.75 Å². The van der Waals surface area contributed by atoms with Crippen molar-refractivity contribution in [2.24, 2.45) is 5.10 Å². The fraction of sp³-hybridized carbons (Fsp3) is 0.667. The van der Waals surface area contributed by atoms with Crippen LogP contribution in [-0.2, 0) is 9.59 Å². The van der Waals surface area contributed by atoms with Crippen LogP contribution >= 0.6 is 0 Å². The van der Waals surface area contributed by atoms with E-state index in [0.717, 1.165) is 37.0 Å². The number of hydrogen-bond acceptors (Lipinski definition) is 4. The maximum Gasteiger partial charge on any atom is 0.259 e. The predicted molar refractivity (Wildman–Crippen MR) is 137 cm³/mol. The van der Waals surface area contributed by atoms with Crippen LogP contribution in [0.3, 0.4) is 0 Å². The molecule has 6 heteroatoms. The Labute approximate surface area is 200 Å². The molecule has 186 valence electrons. The summed E-state index contributed by atoms with van der Waals surface area (Å²) in [6, 6.07) is 7.53. The molecule has 0 unspecified atom stereocenters. The molecule has 1 aromatic rings. The summed E-state index contributed by atoms with van der Waals surface area (Å²) in [6.45, 7) is 5.03. The Balaban J connectivity index is 2.02. The lowest BCUT2D eigenvalue weighted by Gasteiger charge is -2.05. The molecule has 0 atom stereocenters. The Bertz CT molecular complexity index is 659. The van der Waals surface area contributed by atoms with Crippen molar-refractivity contribution in [3.8, 4) is 5.75 Å². The molecule has 0 fully saturated rings. The monoisotopic (exact) mass is 459 g/mol. The smallest absolute Gasteiger partial charge is 0.259 e. The summed E-state index contributed by atoms with van der Waals surface area (Å²) in [5.74, 6) is 0.409. The highest BCUT2D eigenvalue weighted by molar-refractivity contribution is 5.86. The maximum absolute atomic E-state index is 11.9. The van der Waals surface area contributed by atoms with Crippen molar-refractivity contribution in [2.75, 3.05) is 13.2 Å². The minimum absolute atomic E-state index is 0.0571. The summed E-state index contributed by atoms with van der Waals surface area (Å²) in [4.78, 5) is 23.7. The first-order chi connectivity index (χ1) is 16.2. The molecule has 0 heterocycles. The number of hydrogen-bond donors (Lipinski definition) is 2.